The molecule has 1 aromatic carbocycles. The Morgan fingerprint density at radius 1 is 1.30 bits per heavy atom. The summed E-state index contributed by atoms with van der Waals surface area (Å²) in [5.41, 5.74) is 3.38. The Labute approximate surface area is 134 Å². The molecular formula is C18H18N2O3. The number of imidazole rings is 1. The molecule has 3 rings (SSSR count). The van der Waals surface area contributed by atoms with Crippen LogP contribution >= 0.6 is 0 Å². The largest absolute Gasteiger partial charge is 0.487 e. The third-order valence-electron chi connectivity index (χ3n) is 3.74. The lowest BCUT2D eigenvalue weighted by Gasteiger charge is -2.06. The lowest BCUT2D eigenvalue weighted by Crippen LogP contribution is -2.07. The summed E-state index contributed by atoms with van der Waals surface area (Å²) >= 11 is 0. The molecule has 0 saturated carbocycles. The van der Waals surface area contributed by atoms with Gasteiger partial charge in [-0.1, -0.05) is 19.1 Å². The van der Waals surface area contributed by atoms with Gasteiger partial charge >= 0.3 is 5.97 Å². The van der Waals surface area contributed by atoms with Gasteiger partial charge in [0.25, 0.3) is 0 Å². The van der Waals surface area contributed by atoms with Crippen molar-refractivity contribution in [1.29, 1.82) is 0 Å². The summed E-state index contributed by atoms with van der Waals surface area (Å²) in [6.45, 7) is 4.14. The Morgan fingerprint density at radius 3 is 2.87 bits per heavy atom. The summed E-state index contributed by atoms with van der Waals surface area (Å²) in [7, 11) is 0. The van der Waals surface area contributed by atoms with Crippen molar-refractivity contribution in [3.63, 3.8) is 0 Å². The van der Waals surface area contributed by atoms with E-state index in [2.05, 4.69) is 11.9 Å². The van der Waals surface area contributed by atoms with Gasteiger partial charge in [0.15, 0.2) is 5.69 Å². The van der Waals surface area contributed by atoms with Gasteiger partial charge in [-0.2, -0.15) is 0 Å². The van der Waals surface area contributed by atoms with Crippen LogP contribution in [0.25, 0.3) is 5.65 Å². The number of hydrogen-bond acceptors (Lipinski definition) is 3. The summed E-state index contributed by atoms with van der Waals surface area (Å²) in [5, 5.41) is 9.48. The highest BCUT2D eigenvalue weighted by Crippen LogP contribution is 2.19. The summed E-state index contributed by atoms with van der Waals surface area (Å²) < 4.78 is 7.33. The maximum Gasteiger partial charge on any atom is 0.354 e. The summed E-state index contributed by atoms with van der Waals surface area (Å²) in [6, 6.07) is 11.5. The first kappa shape index (κ1) is 15.1. The SMILES string of the molecule is CCc1cccc(OCc2nc3cc(C)ccn3c2C(=O)O)c1. The Kier molecular flexibility index (Phi) is 4.02. The van der Waals surface area contributed by atoms with Gasteiger partial charge in [-0.25, -0.2) is 9.78 Å². The van der Waals surface area contributed by atoms with Gasteiger partial charge in [-0.3, -0.25) is 4.40 Å². The van der Waals surface area contributed by atoms with Crippen molar-refractivity contribution in [2.45, 2.75) is 26.9 Å². The zero-order chi connectivity index (χ0) is 16.4. The summed E-state index contributed by atoms with van der Waals surface area (Å²) in [5.74, 6) is -0.295. The molecule has 3 aromatic rings. The minimum atomic E-state index is -1.01. The number of pyridine rings is 1. The number of aryl methyl sites for hydroxylation is 2. The van der Waals surface area contributed by atoms with Gasteiger partial charge < -0.3 is 9.84 Å². The molecule has 118 valence electrons. The van der Waals surface area contributed by atoms with E-state index in [0.29, 0.717) is 17.1 Å². The second-order valence-electron chi connectivity index (χ2n) is 5.43. The smallest absolute Gasteiger partial charge is 0.354 e. The van der Waals surface area contributed by atoms with E-state index in [1.54, 1.807) is 10.6 Å². The molecule has 0 aliphatic carbocycles. The van der Waals surface area contributed by atoms with Gasteiger partial charge in [0.05, 0.1) is 0 Å². The van der Waals surface area contributed by atoms with E-state index in [0.717, 1.165) is 12.0 Å². The van der Waals surface area contributed by atoms with Crippen molar-refractivity contribution in [2.75, 3.05) is 0 Å². The normalized spacial score (nSPS) is 10.9. The number of carboxylic acids is 1. The fraction of sp³-hybridized carbons (Fsp3) is 0.222. The zero-order valence-corrected chi connectivity index (χ0v) is 13.1. The number of nitrogens with zero attached hydrogens (tertiary/aromatic N) is 2. The van der Waals surface area contributed by atoms with E-state index in [-0.39, 0.29) is 12.3 Å². The van der Waals surface area contributed by atoms with Crippen molar-refractivity contribution in [1.82, 2.24) is 9.38 Å². The molecular weight excluding hydrogens is 292 g/mol. The third kappa shape index (κ3) is 3.04. The molecule has 23 heavy (non-hydrogen) atoms. The molecule has 0 fully saturated rings. The minimum Gasteiger partial charge on any atom is -0.487 e. The Hall–Kier alpha value is -2.82. The number of carbonyl (C=O) groups is 1. The number of benzene rings is 1. The first-order valence-corrected chi connectivity index (χ1v) is 7.51. The Morgan fingerprint density at radius 2 is 2.13 bits per heavy atom. The van der Waals surface area contributed by atoms with E-state index in [9.17, 15) is 9.90 Å². The standard InChI is InChI=1S/C18H18N2O3/c1-3-13-5-4-6-14(10-13)23-11-15-17(18(21)22)20-8-7-12(2)9-16(20)19-15/h4-10H,3,11H2,1-2H3,(H,21,22). The lowest BCUT2D eigenvalue weighted by atomic mass is 10.2. The number of hydrogen-bond donors (Lipinski definition) is 1. The van der Waals surface area contributed by atoms with Crippen molar-refractivity contribution >= 4 is 11.6 Å². The van der Waals surface area contributed by atoms with Crippen LogP contribution < -0.4 is 4.74 Å². The molecule has 2 heterocycles. The average molecular weight is 310 g/mol. The van der Waals surface area contributed by atoms with Crippen LogP contribution in [0.15, 0.2) is 42.6 Å². The quantitative estimate of drug-likeness (QED) is 0.783. The van der Waals surface area contributed by atoms with Gasteiger partial charge in [0.1, 0.15) is 23.7 Å². The van der Waals surface area contributed by atoms with Crippen LogP contribution in [-0.2, 0) is 13.0 Å². The molecule has 5 heteroatoms. The zero-order valence-electron chi connectivity index (χ0n) is 13.1. The van der Waals surface area contributed by atoms with Gasteiger partial charge in [-0.15, -0.1) is 0 Å². The van der Waals surface area contributed by atoms with E-state index >= 15 is 0 Å². The van der Waals surface area contributed by atoms with Crippen molar-refractivity contribution < 1.29 is 14.6 Å². The first-order valence-electron chi connectivity index (χ1n) is 7.51. The number of rotatable bonds is 5. The second-order valence-corrected chi connectivity index (χ2v) is 5.43. The molecule has 0 amide bonds. The summed E-state index contributed by atoms with van der Waals surface area (Å²) in [6.07, 6.45) is 2.65. The van der Waals surface area contributed by atoms with E-state index in [1.165, 1.54) is 5.56 Å². The third-order valence-corrected chi connectivity index (χ3v) is 3.74. The Balaban J connectivity index is 1.92. The highest BCUT2D eigenvalue weighted by atomic mass is 16.5. The predicted molar refractivity (Wildman–Crippen MR) is 87.0 cm³/mol. The van der Waals surface area contributed by atoms with Crippen LogP contribution in [0.1, 0.15) is 34.2 Å². The van der Waals surface area contributed by atoms with Crippen LogP contribution in [0.4, 0.5) is 0 Å². The fourth-order valence-electron chi connectivity index (χ4n) is 2.53. The van der Waals surface area contributed by atoms with Gasteiger partial charge in [0.2, 0.25) is 0 Å². The van der Waals surface area contributed by atoms with Crippen molar-refractivity contribution in [3.8, 4) is 5.75 Å². The molecule has 0 spiro atoms. The van der Waals surface area contributed by atoms with E-state index in [1.807, 2.05) is 43.3 Å². The minimum absolute atomic E-state index is 0.121. The molecule has 0 unspecified atom stereocenters. The van der Waals surface area contributed by atoms with Gasteiger partial charge in [-0.05, 0) is 48.7 Å². The van der Waals surface area contributed by atoms with Crippen LogP contribution in [0, 0.1) is 6.92 Å². The number of aromatic carboxylic acids is 1. The second kappa shape index (κ2) is 6.12. The van der Waals surface area contributed by atoms with Crippen molar-refractivity contribution in [2.24, 2.45) is 0 Å². The topological polar surface area (TPSA) is 63.8 Å². The molecule has 0 radical (unpaired) electrons. The van der Waals surface area contributed by atoms with E-state index < -0.39 is 5.97 Å². The Bertz CT molecular complexity index is 868. The molecule has 0 aliphatic heterocycles. The monoisotopic (exact) mass is 310 g/mol. The highest BCUT2D eigenvalue weighted by molar-refractivity contribution is 5.88. The van der Waals surface area contributed by atoms with Crippen LogP contribution in [0.2, 0.25) is 0 Å². The number of aromatic nitrogens is 2. The molecule has 0 atom stereocenters. The summed E-state index contributed by atoms with van der Waals surface area (Å²) in [4.78, 5) is 16.0. The predicted octanol–water partition coefficient (Wildman–Crippen LogP) is 3.48. The maximum atomic E-state index is 11.6. The molecule has 0 saturated heterocycles. The molecule has 0 bridgehead atoms. The number of ether oxygens (including phenoxy) is 1. The molecule has 5 nitrogen and oxygen atoms in total. The average Bonchev–Trinajstić information content (AvgIpc) is 2.90. The van der Waals surface area contributed by atoms with E-state index in [4.69, 9.17) is 4.74 Å². The van der Waals surface area contributed by atoms with Crippen LogP contribution in [0.3, 0.4) is 0 Å². The fourth-order valence-corrected chi connectivity index (χ4v) is 2.53. The van der Waals surface area contributed by atoms with Crippen molar-refractivity contribution in [3.05, 3.63) is 65.1 Å². The first-order chi connectivity index (χ1) is 11.1. The molecule has 0 aliphatic rings. The molecule has 1 N–H and O–H groups in total. The van der Waals surface area contributed by atoms with Crippen LogP contribution in [0.5, 0.6) is 5.75 Å². The highest BCUT2D eigenvalue weighted by Gasteiger charge is 2.19. The number of carboxylic acid groups (broad SMARTS) is 1. The molecule has 2 aromatic heterocycles. The van der Waals surface area contributed by atoms with Gasteiger partial charge in [0, 0.05) is 6.20 Å². The maximum absolute atomic E-state index is 11.6. The lowest BCUT2D eigenvalue weighted by molar-refractivity contribution is 0.0686. The number of fused-ring (bicyclic) bond motifs is 1. The van der Waals surface area contributed by atoms with Crippen LogP contribution in [-0.4, -0.2) is 20.5 Å².